The van der Waals surface area contributed by atoms with E-state index in [-0.39, 0.29) is 12.3 Å². The molecule has 0 aliphatic carbocycles. The van der Waals surface area contributed by atoms with Crippen molar-refractivity contribution in [1.82, 2.24) is 19.9 Å². The number of para-hydroxylation sites is 1. The second kappa shape index (κ2) is 7.92. The molecule has 122 valence electrons. The first-order valence-corrected chi connectivity index (χ1v) is 7.17. The van der Waals surface area contributed by atoms with Gasteiger partial charge in [-0.1, -0.05) is 23.4 Å². The van der Waals surface area contributed by atoms with E-state index in [1.807, 2.05) is 30.3 Å². The maximum absolute atomic E-state index is 12.0. The number of carbonyl (C=O) groups is 2. The number of rotatable bonds is 6. The van der Waals surface area contributed by atoms with Crippen molar-refractivity contribution in [3.05, 3.63) is 36.5 Å². The molecule has 0 aliphatic heterocycles. The second-order valence-corrected chi connectivity index (χ2v) is 4.91. The molecule has 0 aliphatic rings. The predicted octanol–water partition coefficient (Wildman–Crippen LogP) is 1.68. The fraction of sp³-hybridized carbons (Fsp3) is 0.333. The van der Waals surface area contributed by atoms with Gasteiger partial charge < -0.3 is 15.0 Å². The average molecular weight is 317 g/mol. The number of carbonyl (C=O) groups excluding carboxylic acids is 2. The van der Waals surface area contributed by atoms with Crippen molar-refractivity contribution in [2.24, 2.45) is 0 Å². The minimum atomic E-state index is -0.420. The minimum absolute atomic E-state index is 0.164. The molecule has 2 rings (SSSR count). The summed E-state index contributed by atoms with van der Waals surface area (Å²) in [7, 11) is 2.95. The molecule has 1 heterocycles. The highest BCUT2D eigenvalue weighted by molar-refractivity contribution is 5.89. The van der Waals surface area contributed by atoms with Crippen molar-refractivity contribution in [2.75, 3.05) is 26.0 Å². The molecule has 0 saturated carbocycles. The zero-order valence-electron chi connectivity index (χ0n) is 13.1. The van der Waals surface area contributed by atoms with Gasteiger partial charge >= 0.3 is 6.09 Å². The van der Waals surface area contributed by atoms with E-state index >= 15 is 0 Å². The first kappa shape index (κ1) is 16.5. The number of anilines is 1. The summed E-state index contributed by atoms with van der Waals surface area (Å²) in [6.07, 6.45) is 1.88. The second-order valence-electron chi connectivity index (χ2n) is 4.91. The van der Waals surface area contributed by atoms with Crippen LogP contribution in [0.2, 0.25) is 0 Å². The van der Waals surface area contributed by atoms with Crippen LogP contribution in [0.15, 0.2) is 36.5 Å². The maximum Gasteiger partial charge on any atom is 0.409 e. The summed E-state index contributed by atoms with van der Waals surface area (Å²) in [5, 5.41) is 10.6. The van der Waals surface area contributed by atoms with Crippen LogP contribution < -0.4 is 5.32 Å². The van der Waals surface area contributed by atoms with Gasteiger partial charge in [-0.05, 0) is 18.6 Å². The van der Waals surface area contributed by atoms with Gasteiger partial charge in [0.1, 0.15) is 0 Å². The van der Waals surface area contributed by atoms with Crippen LogP contribution in [0.5, 0.6) is 0 Å². The van der Waals surface area contributed by atoms with Gasteiger partial charge in [-0.25, -0.2) is 4.79 Å². The third kappa shape index (κ3) is 4.53. The fourth-order valence-electron chi connectivity index (χ4n) is 2.01. The van der Waals surface area contributed by atoms with Crippen LogP contribution >= 0.6 is 0 Å². The Balaban J connectivity index is 1.87. The van der Waals surface area contributed by atoms with Crippen LogP contribution in [0.1, 0.15) is 12.8 Å². The van der Waals surface area contributed by atoms with Gasteiger partial charge in [-0.15, -0.1) is 5.10 Å². The maximum atomic E-state index is 12.0. The number of nitrogens with zero attached hydrogens (tertiary/aromatic N) is 4. The molecule has 0 saturated heterocycles. The summed E-state index contributed by atoms with van der Waals surface area (Å²) < 4.78 is 6.14. The van der Waals surface area contributed by atoms with E-state index in [0.717, 1.165) is 5.69 Å². The lowest BCUT2D eigenvalue weighted by Gasteiger charge is -2.14. The number of benzene rings is 1. The van der Waals surface area contributed by atoms with Gasteiger partial charge in [0.2, 0.25) is 5.91 Å². The van der Waals surface area contributed by atoms with E-state index in [4.69, 9.17) is 0 Å². The Hall–Kier alpha value is -2.90. The Bertz CT molecular complexity index is 656. The molecular weight excluding hydrogens is 298 g/mol. The molecule has 0 bridgehead atoms. The number of nitrogens with one attached hydrogen (secondary N) is 1. The quantitative estimate of drug-likeness (QED) is 0.875. The minimum Gasteiger partial charge on any atom is -0.453 e. The van der Waals surface area contributed by atoms with E-state index in [1.54, 1.807) is 11.7 Å². The van der Waals surface area contributed by atoms with Crippen LogP contribution in [0.25, 0.3) is 5.69 Å². The topological polar surface area (TPSA) is 89.3 Å². The van der Waals surface area contributed by atoms with Crippen LogP contribution in [0.4, 0.5) is 10.6 Å². The molecule has 0 fully saturated rings. The molecule has 1 aromatic carbocycles. The highest BCUT2D eigenvalue weighted by Crippen LogP contribution is 2.13. The molecule has 1 aromatic heterocycles. The van der Waals surface area contributed by atoms with E-state index < -0.39 is 6.09 Å². The summed E-state index contributed by atoms with van der Waals surface area (Å²) in [6, 6.07) is 9.40. The summed E-state index contributed by atoms with van der Waals surface area (Å²) in [4.78, 5) is 24.6. The van der Waals surface area contributed by atoms with Crippen LogP contribution in [0.3, 0.4) is 0 Å². The third-order valence-electron chi connectivity index (χ3n) is 3.20. The molecule has 0 unspecified atom stereocenters. The Morgan fingerprint density at radius 2 is 2.04 bits per heavy atom. The Labute approximate surface area is 134 Å². The largest absolute Gasteiger partial charge is 0.453 e. The van der Waals surface area contributed by atoms with Crippen molar-refractivity contribution in [3.63, 3.8) is 0 Å². The SMILES string of the molecule is COC(=O)N(C)CCCC(=O)Nc1cnnn1-c1ccccc1. The highest BCUT2D eigenvalue weighted by atomic mass is 16.5. The lowest BCUT2D eigenvalue weighted by molar-refractivity contribution is -0.116. The number of methoxy groups -OCH3 is 1. The highest BCUT2D eigenvalue weighted by Gasteiger charge is 2.11. The van der Waals surface area contributed by atoms with Gasteiger partial charge in [0, 0.05) is 20.0 Å². The molecule has 0 spiro atoms. The van der Waals surface area contributed by atoms with Crippen molar-refractivity contribution in [1.29, 1.82) is 0 Å². The molecule has 8 nitrogen and oxygen atoms in total. The molecule has 0 radical (unpaired) electrons. The van der Waals surface area contributed by atoms with Gasteiger partial charge in [-0.3, -0.25) is 4.79 Å². The summed E-state index contributed by atoms with van der Waals surface area (Å²) in [5.74, 6) is 0.338. The van der Waals surface area contributed by atoms with Crippen LogP contribution in [0, 0.1) is 0 Å². The van der Waals surface area contributed by atoms with Gasteiger partial charge in [0.15, 0.2) is 5.82 Å². The van der Waals surface area contributed by atoms with Gasteiger partial charge in [0.25, 0.3) is 0 Å². The van der Waals surface area contributed by atoms with Crippen molar-refractivity contribution in [2.45, 2.75) is 12.8 Å². The monoisotopic (exact) mass is 317 g/mol. The summed E-state index contributed by atoms with van der Waals surface area (Å²) in [5.41, 5.74) is 0.811. The number of hydrogen-bond donors (Lipinski definition) is 1. The van der Waals surface area contributed by atoms with Crippen molar-refractivity contribution >= 4 is 17.8 Å². The normalized spacial score (nSPS) is 10.2. The average Bonchev–Trinajstić information content (AvgIpc) is 3.02. The summed E-state index contributed by atoms with van der Waals surface area (Å²) >= 11 is 0. The van der Waals surface area contributed by atoms with Crippen LogP contribution in [-0.4, -0.2) is 52.6 Å². The first-order chi connectivity index (χ1) is 11.1. The number of hydrogen-bond acceptors (Lipinski definition) is 5. The summed E-state index contributed by atoms with van der Waals surface area (Å²) in [6.45, 7) is 0.441. The Morgan fingerprint density at radius 3 is 2.74 bits per heavy atom. The van der Waals surface area contributed by atoms with Crippen molar-refractivity contribution in [3.8, 4) is 5.69 Å². The first-order valence-electron chi connectivity index (χ1n) is 7.17. The predicted molar refractivity (Wildman–Crippen MR) is 84.3 cm³/mol. The third-order valence-corrected chi connectivity index (χ3v) is 3.20. The number of aromatic nitrogens is 3. The van der Waals surface area contributed by atoms with Gasteiger partial charge in [0.05, 0.1) is 19.0 Å². The molecular formula is C15H19N5O3. The fourth-order valence-corrected chi connectivity index (χ4v) is 2.01. The zero-order valence-corrected chi connectivity index (χ0v) is 13.1. The standard InChI is InChI=1S/C15H19N5O3/c1-19(15(22)23-2)10-6-9-14(21)17-13-11-16-18-20(13)12-7-4-3-5-8-12/h3-5,7-8,11H,6,9-10H2,1-2H3,(H,17,21). The number of ether oxygens (including phenoxy) is 1. The van der Waals surface area contributed by atoms with Gasteiger partial charge in [-0.2, -0.15) is 4.68 Å². The lowest BCUT2D eigenvalue weighted by atomic mass is 10.3. The zero-order chi connectivity index (χ0) is 16.7. The molecule has 8 heteroatoms. The van der Waals surface area contributed by atoms with E-state index in [1.165, 1.54) is 18.2 Å². The molecule has 0 atom stereocenters. The smallest absolute Gasteiger partial charge is 0.409 e. The Morgan fingerprint density at radius 1 is 1.30 bits per heavy atom. The molecule has 1 N–H and O–H groups in total. The lowest BCUT2D eigenvalue weighted by Crippen LogP contribution is -2.28. The van der Waals surface area contributed by atoms with E-state index in [0.29, 0.717) is 18.8 Å². The van der Waals surface area contributed by atoms with E-state index in [9.17, 15) is 9.59 Å². The molecule has 2 amide bonds. The van der Waals surface area contributed by atoms with Crippen LogP contribution in [-0.2, 0) is 9.53 Å². The number of amides is 2. The molecule has 23 heavy (non-hydrogen) atoms. The molecule has 2 aromatic rings. The Kier molecular flexibility index (Phi) is 5.67. The van der Waals surface area contributed by atoms with Crippen molar-refractivity contribution < 1.29 is 14.3 Å². The van der Waals surface area contributed by atoms with E-state index in [2.05, 4.69) is 20.4 Å².